The van der Waals surface area contributed by atoms with Crippen molar-refractivity contribution in [2.75, 3.05) is 6.54 Å². The maximum Gasteiger partial charge on any atom is 0.246 e. The number of halogens is 3. The topological polar surface area (TPSA) is 38.9 Å². The van der Waals surface area contributed by atoms with Crippen LogP contribution in [0.25, 0.3) is 0 Å². The molecule has 0 bridgehead atoms. The number of hydrogen-bond donors (Lipinski definition) is 1. The molecule has 0 spiro atoms. The van der Waals surface area contributed by atoms with E-state index in [0.717, 1.165) is 6.20 Å². The van der Waals surface area contributed by atoms with Gasteiger partial charge in [-0.3, -0.25) is 4.98 Å². The Morgan fingerprint density at radius 1 is 1.46 bits per heavy atom. The van der Waals surface area contributed by atoms with Gasteiger partial charge in [0.1, 0.15) is 5.82 Å². The Hall–Kier alpha value is -1.10. The van der Waals surface area contributed by atoms with Crippen LogP contribution < -0.4 is 5.73 Å². The third-order valence-electron chi connectivity index (χ3n) is 1.76. The number of pyridine rings is 1. The van der Waals surface area contributed by atoms with Crippen molar-refractivity contribution in [1.82, 2.24) is 4.98 Å². The second kappa shape index (κ2) is 4.23. The molecule has 0 amide bonds. The minimum absolute atomic E-state index is 0.0764. The zero-order valence-electron chi connectivity index (χ0n) is 6.75. The van der Waals surface area contributed by atoms with Gasteiger partial charge in [-0.1, -0.05) is 0 Å². The van der Waals surface area contributed by atoms with E-state index in [1.807, 2.05) is 0 Å². The molecular formula is C8H9F3N2. The molecule has 0 fully saturated rings. The number of hydrogen-bond acceptors (Lipinski definition) is 2. The van der Waals surface area contributed by atoms with Crippen LogP contribution in [-0.4, -0.2) is 18.0 Å². The first-order valence-corrected chi connectivity index (χ1v) is 3.74. The Bertz CT molecular complexity index is 278. The molecular weight excluding hydrogens is 181 g/mol. The summed E-state index contributed by atoms with van der Waals surface area (Å²) < 4.78 is 37.5. The van der Waals surface area contributed by atoms with Crippen molar-refractivity contribution in [1.29, 1.82) is 0 Å². The number of nitrogens with zero attached hydrogens (tertiary/aromatic N) is 1. The minimum Gasteiger partial charge on any atom is -0.330 e. The van der Waals surface area contributed by atoms with E-state index in [9.17, 15) is 13.2 Å². The molecule has 0 aliphatic carbocycles. The summed E-state index contributed by atoms with van der Waals surface area (Å²) in [7, 11) is 0. The quantitative estimate of drug-likeness (QED) is 0.784. The molecule has 13 heavy (non-hydrogen) atoms. The van der Waals surface area contributed by atoms with E-state index in [1.54, 1.807) is 0 Å². The van der Waals surface area contributed by atoms with Crippen LogP contribution >= 0.6 is 0 Å². The van der Waals surface area contributed by atoms with Gasteiger partial charge in [0, 0.05) is 18.3 Å². The highest BCUT2D eigenvalue weighted by Crippen LogP contribution is 2.23. The smallest absolute Gasteiger partial charge is 0.246 e. The minimum atomic E-state index is -2.65. The van der Waals surface area contributed by atoms with E-state index in [0.29, 0.717) is 0 Å². The normalized spacial score (nSPS) is 13.3. The highest BCUT2D eigenvalue weighted by molar-refractivity contribution is 5.19. The van der Waals surface area contributed by atoms with Gasteiger partial charge < -0.3 is 5.73 Å². The summed E-state index contributed by atoms with van der Waals surface area (Å²) in [5, 5.41) is 0. The lowest BCUT2D eigenvalue weighted by atomic mass is 10.0. The zero-order chi connectivity index (χ0) is 9.84. The summed E-state index contributed by atoms with van der Waals surface area (Å²) in [5.74, 6) is -1.98. The van der Waals surface area contributed by atoms with E-state index in [1.165, 1.54) is 12.3 Å². The monoisotopic (exact) mass is 190 g/mol. The second-order valence-corrected chi connectivity index (χ2v) is 2.57. The summed E-state index contributed by atoms with van der Waals surface area (Å²) in [6.45, 7) is -0.279. The highest BCUT2D eigenvalue weighted by Gasteiger charge is 2.23. The number of nitrogens with two attached hydrogens (primary N) is 1. The van der Waals surface area contributed by atoms with Crippen LogP contribution in [0.2, 0.25) is 0 Å². The summed E-state index contributed by atoms with van der Waals surface area (Å²) in [4.78, 5) is 3.46. The standard InChI is InChI=1S/C8H9F3N2/c9-7-4-13-2-1-5(7)6(3-12)8(10)11/h1-2,4,6,8H,3,12H2. The predicted octanol–water partition coefficient (Wildman–Crippen LogP) is 1.53. The first-order valence-electron chi connectivity index (χ1n) is 3.74. The summed E-state index contributed by atoms with van der Waals surface area (Å²) in [6, 6.07) is 1.22. The lowest BCUT2D eigenvalue weighted by Gasteiger charge is -2.13. The van der Waals surface area contributed by atoms with Gasteiger partial charge in [-0.05, 0) is 6.07 Å². The van der Waals surface area contributed by atoms with Crippen molar-refractivity contribution in [3.8, 4) is 0 Å². The largest absolute Gasteiger partial charge is 0.330 e. The average Bonchev–Trinajstić information content (AvgIpc) is 2.09. The Kier molecular flexibility index (Phi) is 3.25. The molecule has 1 aromatic heterocycles. The van der Waals surface area contributed by atoms with E-state index in [4.69, 9.17) is 5.73 Å². The van der Waals surface area contributed by atoms with Gasteiger partial charge in [0.05, 0.1) is 12.1 Å². The fraction of sp³-hybridized carbons (Fsp3) is 0.375. The van der Waals surface area contributed by atoms with E-state index >= 15 is 0 Å². The molecule has 0 radical (unpaired) electrons. The van der Waals surface area contributed by atoms with Crippen LogP contribution in [0.15, 0.2) is 18.5 Å². The Morgan fingerprint density at radius 3 is 2.62 bits per heavy atom. The maximum atomic E-state index is 12.9. The number of rotatable bonds is 3. The molecule has 72 valence electrons. The third-order valence-corrected chi connectivity index (χ3v) is 1.76. The van der Waals surface area contributed by atoms with Crippen molar-refractivity contribution < 1.29 is 13.2 Å². The fourth-order valence-corrected chi connectivity index (χ4v) is 1.05. The molecule has 0 saturated carbocycles. The van der Waals surface area contributed by atoms with E-state index in [-0.39, 0.29) is 12.1 Å². The van der Waals surface area contributed by atoms with Crippen LogP contribution in [0, 0.1) is 5.82 Å². The molecule has 0 saturated heterocycles. The van der Waals surface area contributed by atoms with Crippen molar-refractivity contribution in [2.45, 2.75) is 12.3 Å². The van der Waals surface area contributed by atoms with Crippen LogP contribution in [0.3, 0.4) is 0 Å². The van der Waals surface area contributed by atoms with Crippen molar-refractivity contribution in [3.05, 3.63) is 29.8 Å². The van der Waals surface area contributed by atoms with Gasteiger partial charge in [0.15, 0.2) is 0 Å². The molecule has 2 N–H and O–H groups in total. The highest BCUT2D eigenvalue weighted by atomic mass is 19.3. The molecule has 1 atom stereocenters. The Balaban J connectivity index is 2.97. The molecule has 0 aliphatic heterocycles. The molecule has 1 aromatic rings. The molecule has 1 rings (SSSR count). The molecule has 2 nitrogen and oxygen atoms in total. The van der Waals surface area contributed by atoms with Crippen molar-refractivity contribution in [3.63, 3.8) is 0 Å². The maximum absolute atomic E-state index is 12.9. The van der Waals surface area contributed by atoms with Crippen molar-refractivity contribution >= 4 is 0 Å². The summed E-state index contributed by atoms with van der Waals surface area (Å²) in [6.07, 6.45) is -0.481. The van der Waals surface area contributed by atoms with Gasteiger partial charge in [-0.2, -0.15) is 0 Å². The van der Waals surface area contributed by atoms with Gasteiger partial charge in [-0.15, -0.1) is 0 Å². The van der Waals surface area contributed by atoms with Gasteiger partial charge in [0.2, 0.25) is 6.43 Å². The third kappa shape index (κ3) is 2.18. The van der Waals surface area contributed by atoms with E-state index in [2.05, 4.69) is 4.98 Å². The number of alkyl halides is 2. The first kappa shape index (κ1) is 9.98. The lowest BCUT2D eigenvalue weighted by molar-refractivity contribution is 0.115. The molecule has 1 heterocycles. The molecule has 1 unspecified atom stereocenters. The van der Waals surface area contributed by atoms with E-state index < -0.39 is 18.2 Å². The number of aromatic nitrogens is 1. The molecule has 0 aromatic carbocycles. The van der Waals surface area contributed by atoms with Gasteiger partial charge in [0.25, 0.3) is 0 Å². The Morgan fingerprint density at radius 2 is 2.15 bits per heavy atom. The lowest BCUT2D eigenvalue weighted by Crippen LogP contribution is -2.20. The van der Waals surface area contributed by atoms with Crippen LogP contribution in [-0.2, 0) is 0 Å². The predicted molar refractivity (Wildman–Crippen MR) is 42.0 cm³/mol. The van der Waals surface area contributed by atoms with Crippen molar-refractivity contribution in [2.24, 2.45) is 5.73 Å². The average molecular weight is 190 g/mol. The Labute approximate surface area is 73.6 Å². The van der Waals surface area contributed by atoms with Crippen LogP contribution in [0.5, 0.6) is 0 Å². The summed E-state index contributed by atoms with van der Waals surface area (Å²) in [5.41, 5.74) is 5.03. The SMILES string of the molecule is NCC(c1ccncc1F)C(F)F. The van der Waals surface area contributed by atoms with Gasteiger partial charge in [-0.25, -0.2) is 13.2 Å². The summed E-state index contributed by atoms with van der Waals surface area (Å²) >= 11 is 0. The second-order valence-electron chi connectivity index (χ2n) is 2.57. The first-order chi connectivity index (χ1) is 6.16. The molecule has 0 aliphatic rings. The fourth-order valence-electron chi connectivity index (χ4n) is 1.05. The zero-order valence-corrected chi connectivity index (χ0v) is 6.75. The molecule has 5 heteroatoms. The van der Waals surface area contributed by atoms with Crippen LogP contribution in [0.1, 0.15) is 11.5 Å². The van der Waals surface area contributed by atoms with Gasteiger partial charge >= 0.3 is 0 Å². The van der Waals surface area contributed by atoms with Crippen LogP contribution in [0.4, 0.5) is 13.2 Å².